The van der Waals surface area contributed by atoms with Crippen LogP contribution in [0.1, 0.15) is 0 Å². The van der Waals surface area contributed by atoms with Crippen molar-refractivity contribution in [1.29, 1.82) is 0 Å². The van der Waals surface area contributed by atoms with Gasteiger partial charge >= 0.3 is 0 Å². The van der Waals surface area contributed by atoms with Crippen molar-refractivity contribution in [2.45, 2.75) is 9.79 Å². The Bertz CT molecular complexity index is 2240. The molecule has 37 heavy (non-hydrogen) atoms. The molecular weight excluding hydrogens is 474 g/mol. The van der Waals surface area contributed by atoms with Crippen molar-refractivity contribution in [3.63, 3.8) is 0 Å². The van der Waals surface area contributed by atoms with Gasteiger partial charge in [0.1, 0.15) is 11.2 Å². The van der Waals surface area contributed by atoms with Crippen molar-refractivity contribution >= 4 is 66.4 Å². The molecule has 5 aromatic carbocycles. The number of benzene rings is 5. The van der Waals surface area contributed by atoms with E-state index in [0.29, 0.717) is 5.95 Å². The van der Waals surface area contributed by atoms with Crippen molar-refractivity contribution < 1.29 is 4.42 Å². The first-order chi connectivity index (χ1) is 18.3. The van der Waals surface area contributed by atoms with Gasteiger partial charge in [-0.25, -0.2) is 9.97 Å². The number of para-hydroxylation sites is 2. The van der Waals surface area contributed by atoms with Crippen LogP contribution >= 0.6 is 11.8 Å². The summed E-state index contributed by atoms with van der Waals surface area (Å²) in [6.45, 7) is 0. The lowest BCUT2D eigenvalue weighted by molar-refractivity contribution is 0.673. The van der Waals surface area contributed by atoms with E-state index in [0.717, 1.165) is 65.9 Å². The molecule has 0 saturated carbocycles. The fourth-order valence-corrected chi connectivity index (χ4v) is 6.95. The lowest BCUT2D eigenvalue weighted by atomic mass is 10.1. The van der Waals surface area contributed by atoms with E-state index in [2.05, 4.69) is 95.6 Å². The first-order valence-electron chi connectivity index (χ1n) is 12.3. The summed E-state index contributed by atoms with van der Waals surface area (Å²) in [5, 5.41) is 5.59. The molecule has 0 radical (unpaired) electrons. The molecule has 1 aliphatic rings. The molecule has 0 aliphatic carbocycles. The Labute approximate surface area is 215 Å². The van der Waals surface area contributed by atoms with E-state index >= 15 is 0 Å². The summed E-state index contributed by atoms with van der Waals surface area (Å²) >= 11 is 1.79. The number of hydrogen-bond donors (Lipinski definition) is 0. The first kappa shape index (κ1) is 19.6. The van der Waals surface area contributed by atoms with Crippen LogP contribution in [0.15, 0.2) is 117 Å². The quantitative estimate of drug-likeness (QED) is 0.230. The Morgan fingerprint density at radius 3 is 2.38 bits per heavy atom. The first-order valence-corrected chi connectivity index (χ1v) is 13.1. The van der Waals surface area contributed by atoms with Crippen LogP contribution in [0.25, 0.3) is 71.9 Å². The van der Waals surface area contributed by atoms with Crippen LogP contribution in [0.3, 0.4) is 0 Å². The van der Waals surface area contributed by atoms with Gasteiger partial charge in [0, 0.05) is 36.9 Å². The van der Waals surface area contributed by atoms with Crippen molar-refractivity contribution in [1.82, 2.24) is 14.5 Å². The Morgan fingerprint density at radius 2 is 1.41 bits per heavy atom. The molecule has 9 rings (SSSR count). The summed E-state index contributed by atoms with van der Waals surface area (Å²) in [6.07, 6.45) is 0. The number of fused-ring (bicyclic) bond motifs is 9. The van der Waals surface area contributed by atoms with Gasteiger partial charge in [-0.2, -0.15) is 0 Å². The minimum atomic E-state index is 0.669. The fraction of sp³-hybridized carbons (Fsp3) is 0. The van der Waals surface area contributed by atoms with Crippen LogP contribution in [-0.4, -0.2) is 14.5 Å². The van der Waals surface area contributed by atoms with Crippen molar-refractivity contribution in [3.05, 3.63) is 103 Å². The molecule has 0 unspecified atom stereocenters. The molecule has 0 spiro atoms. The smallest absolute Gasteiger partial charge is 0.235 e. The lowest BCUT2D eigenvalue weighted by Crippen LogP contribution is -2.05. The van der Waals surface area contributed by atoms with Crippen LogP contribution in [0.5, 0.6) is 0 Å². The zero-order chi connectivity index (χ0) is 24.1. The van der Waals surface area contributed by atoms with Gasteiger partial charge in [0.2, 0.25) is 5.95 Å². The van der Waals surface area contributed by atoms with E-state index in [1.54, 1.807) is 11.8 Å². The molecule has 5 heteroatoms. The van der Waals surface area contributed by atoms with Crippen molar-refractivity contribution in [3.8, 4) is 17.2 Å². The second-order valence-corrected chi connectivity index (χ2v) is 10.5. The normalized spacial score (nSPS) is 12.8. The van der Waals surface area contributed by atoms with Crippen LogP contribution < -0.4 is 0 Å². The summed E-state index contributed by atoms with van der Waals surface area (Å²) in [5.41, 5.74) is 6.99. The van der Waals surface area contributed by atoms with Gasteiger partial charge in [0.25, 0.3) is 0 Å². The second-order valence-electron chi connectivity index (χ2n) is 9.41. The van der Waals surface area contributed by atoms with Crippen LogP contribution in [0.2, 0.25) is 0 Å². The number of furan rings is 1. The highest BCUT2D eigenvalue weighted by molar-refractivity contribution is 7.99. The van der Waals surface area contributed by atoms with Gasteiger partial charge in [-0.05, 0) is 42.5 Å². The molecule has 3 aromatic heterocycles. The van der Waals surface area contributed by atoms with Crippen molar-refractivity contribution in [2.75, 3.05) is 0 Å². The average Bonchev–Trinajstić information content (AvgIpc) is 3.49. The summed E-state index contributed by atoms with van der Waals surface area (Å²) in [7, 11) is 0. The summed E-state index contributed by atoms with van der Waals surface area (Å²) in [5.74, 6) is 0.669. The SMILES string of the molecule is c1ccc2c(c1)Sc1cccc3nc(-n4c5ccccc5c5c6oc7ccccc7c6ccc54)nc-2c13. The molecule has 0 N–H and O–H groups in total. The van der Waals surface area contributed by atoms with Gasteiger partial charge in [-0.1, -0.05) is 72.4 Å². The highest BCUT2D eigenvalue weighted by atomic mass is 32.2. The predicted molar refractivity (Wildman–Crippen MR) is 151 cm³/mol. The molecule has 4 nitrogen and oxygen atoms in total. The molecule has 0 amide bonds. The van der Waals surface area contributed by atoms with E-state index in [1.807, 2.05) is 12.1 Å². The highest BCUT2D eigenvalue weighted by Crippen LogP contribution is 2.47. The molecule has 172 valence electrons. The predicted octanol–water partition coefficient (Wildman–Crippen LogP) is 8.76. The Kier molecular flexibility index (Phi) is 3.70. The third kappa shape index (κ3) is 2.54. The minimum Gasteiger partial charge on any atom is -0.455 e. The molecule has 0 saturated heterocycles. The molecular formula is C32H17N3OS. The van der Waals surface area contributed by atoms with Crippen LogP contribution in [0.4, 0.5) is 0 Å². The fourth-order valence-electron chi connectivity index (χ4n) is 5.84. The monoisotopic (exact) mass is 491 g/mol. The maximum absolute atomic E-state index is 6.45. The van der Waals surface area contributed by atoms with Gasteiger partial charge < -0.3 is 4.42 Å². The molecule has 1 aliphatic heterocycles. The highest BCUT2D eigenvalue weighted by Gasteiger charge is 2.24. The zero-order valence-electron chi connectivity index (χ0n) is 19.5. The Balaban J connectivity index is 1.44. The van der Waals surface area contributed by atoms with E-state index in [4.69, 9.17) is 14.4 Å². The van der Waals surface area contributed by atoms with E-state index in [9.17, 15) is 0 Å². The van der Waals surface area contributed by atoms with Crippen molar-refractivity contribution in [2.24, 2.45) is 0 Å². The molecule has 0 fully saturated rings. The molecule has 4 heterocycles. The van der Waals surface area contributed by atoms with E-state index in [-0.39, 0.29) is 0 Å². The third-order valence-electron chi connectivity index (χ3n) is 7.42. The zero-order valence-corrected chi connectivity index (χ0v) is 20.3. The van der Waals surface area contributed by atoms with Gasteiger partial charge in [0.15, 0.2) is 0 Å². The number of hydrogen-bond acceptors (Lipinski definition) is 4. The number of rotatable bonds is 1. The maximum Gasteiger partial charge on any atom is 0.235 e. The van der Waals surface area contributed by atoms with Gasteiger partial charge in [0.05, 0.1) is 27.6 Å². The van der Waals surface area contributed by atoms with E-state index < -0.39 is 0 Å². The number of nitrogens with zero attached hydrogens (tertiary/aromatic N) is 3. The lowest BCUT2D eigenvalue weighted by Gasteiger charge is -2.20. The van der Waals surface area contributed by atoms with Gasteiger partial charge in [-0.3, -0.25) is 4.57 Å². The number of aromatic nitrogens is 3. The minimum absolute atomic E-state index is 0.669. The molecule has 8 aromatic rings. The summed E-state index contributed by atoms with van der Waals surface area (Å²) in [6, 6.07) is 35.9. The molecule has 0 bridgehead atoms. The van der Waals surface area contributed by atoms with Crippen LogP contribution in [-0.2, 0) is 0 Å². The topological polar surface area (TPSA) is 43.9 Å². The average molecular weight is 492 g/mol. The standard InChI is InChI=1S/C32H17N3OS/c1-4-12-23-20(9-1)28-24(17-16-19-18-8-2-5-13-25(18)36-31(19)28)35(23)32-33-22-11-7-15-27-29(22)30(34-32)21-10-3-6-14-26(21)37-27/h1-17H. The summed E-state index contributed by atoms with van der Waals surface area (Å²) < 4.78 is 8.64. The second kappa shape index (κ2) is 6.99. The maximum atomic E-state index is 6.45. The molecule has 0 atom stereocenters. The summed E-state index contributed by atoms with van der Waals surface area (Å²) in [4.78, 5) is 12.8. The largest absolute Gasteiger partial charge is 0.455 e. The Hall–Kier alpha value is -4.61. The Morgan fingerprint density at radius 1 is 0.595 bits per heavy atom. The van der Waals surface area contributed by atoms with Crippen LogP contribution in [0, 0.1) is 0 Å². The van der Waals surface area contributed by atoms with Gasteiger partial charge in [-0.15, -0.1) is 0 Å². The third-order valence-corrected chi connectivity index (χ3v) is 8.55. The van der Waals surface area contributed by atoms with E-state index in [1.165, 1.54) is 9.79 Å².